The van der Waals surface area contributed by atoms with E-state index < -0.39 is 0 Å². The van der Waals surface area contributed by atoms with Gasteiger partial charge in [-0.05, 0) is 0 Å². The normalized spacial score (nSPS) is 11.3. The third-order valence-electron chi connectivity index (χ3n) is 2.29. The van der Waals surface area contributed by atoms with E-state index in [0.29, 0.717) is 21.3 Å². The monoisotopic (exact) mass is 397 g/mol. The van der Waals surface area contributed by atoms with E-state index in [2.05, 4.69) is 40.0 Å². The Balaban J connectivity index is 0.000000149. The standard InChI is InChI=1S/C6H4ClN5.C4H2Cl2N2.C3H4N2/c7-5-1-10-6(2-9-5)12-4-8-3-11-12;5-3-1-7-4(6)2-8-3;1-2-5-3-4-1/h1-4H;1-2H;1,3H,2H2. The zero-order valence-electron chi connectivity index (χ0n) is 12.5. The van der Waals surface area contributed by atoms with Crippen molar-refractivity contribution in [2.75, 3.05) is 6.54 Å². The minimum atomic E-state index is 0.356. The third kappa shape index (κ3) is 7.29. The van der Waals surface area contributed by atoms with E-state index in [4.69, 9.17) is 34.8 Å². The molecule has 25 heavy (non-hydrogen) atoms. The van der Waals surface area contributed by atoms with Crippen molar-refractivity contribution in [3.8, 4) is 5.82 Å². The van der Waals surface area contributed by atoms with Gasteiger partial charge in [-0.2, -0.15) is 5.10 Å². The molecule has 0 aliphatic carbocycles. The van der Waals surface area contributed by atoms with Crippen LogP contribution in [0.3, 0.4) is 0 Å². The summed E-state index contributed by atoms with van der Waals surface area (Å²) in [6.07, 6.45) is 12.1. The Bertz CT molecular complexity index is 771. The molecule has 1 aliphatic heterocycles. The highest BCUT2D eigenvalue weighted by Gasteiger charge is 1.97. The number of halogens is 3. The van der Waals surface area contributed by atoms with Crippen molar-refractivity contribution in [3.63, 3.8) is 0 Å². The predicted octanol–water partition coefficient (Wildman–Crippen LogP) is 2.59. The summed E-state index contributed by atoms with van der Waals surface area (Å²) >= 11 is 16.3. The van der Waals surface area contributed by atoms with Gasteiger partial charge >= 0.3 is 0 Å². The van der Waals surface area contributed by atoms with Gasteiger partial charge in [0.1, 0.15) is 34.5 Å². The van der Waals surface area contributed by atoms with Crippen LogP contribution >= 0.6 is 34.8 Å². The average Bonchev–Trinajstić information content (AvgIpc) is 3.35. The molecule has 0 atom stereocenters. The van der Waals surface area contributed by atoms with Crippen LogP contribution in [0.2, 0.25) is 15.5 Å². The number of hydrogen-bond donors (Lipinski definition) is 0. The van der Waals surface area contributed by atoms with Gasteiger partial charge in [-0.25, -0.2) is 34.6 Å². The number of aromatic nitrogens is 7. The van der Waals surface area contributed by atoms with Crippen LogP contribution in [0.5, 0.6) is 0 Å². The van der Waals surface area contributed by atoms with Crippen molar-refractivity contribution in [3.05, 3.63) is 52.9 Å². The van der Waals surface area contributed by atoms with Crippen LogP contribution in [0.25, 0.3) is 5.82 Å². The van der Waals surface area contributed by atoms with Gasteiger partial charge in [-0.1, -0.05) is 34.8 Å². The van der Waals surface area contributed by atoms with Crippen molar-refractivity contribution in [2.24, 2.45) is 9.98 Å². The molecule has 1 aliphatic rings. The van der Waals surface area contributed by atoms with Crippen LogP contribution in [0, 0.1) is 0 Å². The molecule has 4 heterocycles. The van der Waals surface area contributed by atoms with Crippen molar-refractivity contribution in [1.82, 2.24) is 34.7 Å². The van der Waals surface area contributed by atoms with Gasteiger partial charge < -0.3 is 0 Å². The molecular weight excluding hydrogens is 389 g/mol. The summed E-state index contributed by atoms with van der Waals surface area (Å²) in [4.78, 5) is 26.3. The molecular formula is C13H10Cl3N9. The fourth-order valence-corrected chi connectivity index (χ4v) is 1.58. The lowest BCUT2D eigenvalue weighted by Gasteiger charge is -1.96. The van der Waals surface area contributed by atoms with Gasteiger partial charge in [0, 0.05) is 6.21 Å². The number of hydrogen-bond acceptors (Lipinski definition) is 8. The third-order valence-corrected chi connectivity index (χ3v) is 2.88. The molecule has 0 aromatic carbocycles. The minimum absolute atomic E-state index is 0.356. The Morgan fingerprint density at radius 3 is 1.84 bits per heavy atom. The molecule has 3 aromatic heterocycles. The molecule has 0 N–H and O–H groups in total. The molecule has 0 bridgehead atoms. The largest absolute Gasteiger partial charge is 0.268 e. The summed E-state index contributed by atoms with van der Waals surface area (Å²) in [5, 5.41) is 4.95. The maximum Gasteiger partial charge on any atom is 0.173 e. The second kappa shape index (κ2) is 10.4. The number of aliphatic imine (C=N–C) groups is 2. The zero-order chi connectivity index (χ0) is 17.9. The van der Waals surface area contributed by atoms with Gasteiger partial charge in [0.25, 0.3) is 0 Å². The topological polar surface area (TPSA) is 107 Å². The molecule has 0 amide bonds. The highest BCUT2D eigenvalue weighted by molar-refractivity contribution is 6.30. The maximum atomic E-state index is 5.55. The Morgan fingerprint density at radius 2 is 1.48 bits per heavy atom. The summed E-state index contributed by atoms with van der Waals surface area (Å²) in [6.45, 7) is 0.778. The first-order valence-electron chi connectivity index (χ1n) is 6.60. The Kier molecular flexibility index (Phi) is 7.83. The zero-order valence-corrected chi connectivity index (χ0v) is 14.8. The molecule has 0 saturated carbocycles. The van der Waals surface area contributed by atoms with E-state index in [0.717, 1.165) is 6.54 Å². The number of nitrogens with zero attached hydrogens (tertiary/aromatic N) is 9. The van der Waals surface area contributed by atoms with Crippen LogP contribution in [0.4, 0.5) is 0 Å². The molecule has 9 nitrogen and oxygen atoms in total. The second-order valence-corrected chi connectivity index (χ2v) is 5.17. The lowest BCUT2D eigenvalue weighted by Crippen LogP contribution is -1.97. The minimum Gasteiger partial charge on any atom is -0.268 e. The Hall–Kier alpha value is -2.49. The maximum absolute atomic E-state index is 5.55. The van der Waals surface area contributed by atoms with Crippen molar-refractivity contribution in [2.45, 2.75) is 0 Å². The lowest BCUT2D eigenvalue weighted by molar-refractivity contribution is 0.836. The molecule has 4 rings (SSSR count). The van der Waals surface area contributed by atoms with Gasteiger partial charge in [0.15, 0.2) is 5.82 Å². The Morgan fingerprint density at radius 1 is 0.840 bits per heavy atom. The summed E-state index contributed by atoms with van der Waals surface area (Å²) in [5.74, 6) is 0.594. The van der Waals surface area contributed by atoms with Crippen molar-refractivity contribution >= 4 is 47.4 Å². The molecule has 128 valence electrons. The van der Waals surface area contributed by atoms with Crippen molar-refractivity contribution in [1.29, 1.82) is 0 Å². The first-order valence-corrected chi connectivity index (χ1v) is 7.74. The summed E-state index contributed by atoms with van der Waals surface area (Å²) in [7, 11) is 0. The average molecular weight is 399 g/mol. The Labute approximate surface area is 157 Å². The van der Waals surface area contributed by atoms with E-state index in [-0.39, 0.29) is 0 Å². The highest BCUT2D eigenvalue weighted by atomic mass is 35.5. The van der Waals surface area contributed by atoms with Gasteiger partial charge in [-0.15, -0.1) is 0 Å². The first-order chi connectivity index (χ1) is 12.1. The van der Waals surface area contributed by atoms with Gasteiger partial charge in [0.05, 0.1) is 31.3 Å². The van der Waals surface area contributed by atoms with Crippen LogP contribution in [0.1, 0.15) is 0 Å². The van der Waals surface area contributed by atoms with E-state index in [1.54, 1.807) is 12.6 Å². The molecule has 0 radical (unpaired) electrons. The van der Waals surface area contributed by atoms with E-state index in [9.17, 15) is 0 Å². The highest BCUT2D eigenvalue weighted by Crippen LogP contribution is 2.04. The van der Waals surface area contributed by atoms with Crippen LogP contribution in [-0.4, -0.2) is 53.8 Å². The second-order valence-electron chi connectivity index (χ2n) is 4.01. The molecule has 0 spiro atoms. The fraction of sp³-hybridized carbons (Fsp3) is 0.0769. The quantitative estimate of drug-likeness (QED) is 0.623. The summed E-state index contributed by atoms with van der Waals surface area (Å²) < 4.78 is 1.50. The molecule has 0 unspecified atom stereocenters. The fourth-order valence-electron chi connectivity index (χ4n) is 1.28. The van der Waals surface area contributed by atoms with Gasteiger partial charge in [-0.3, -0.25) is 4.99 Å². The van der Waals surface area contributed by atoms with E-state index >= 15 is 0 Å². The molecule has 12 heteroatoms. The summed E-state index contributed by atoms with van der Waals surface area (Å²) in [6, 6.07) is 0. The van der Waals surface area contributed by atoms with Gasteiger partial charge in [0.2, 0.25) is 0 Å². The van der Waals surface area contributed by atoms with Crippen molar-refractivity contribution < 1.29 is 0 Å². The van der Waals surface area contributed by atoms with E-state index in [1.807, 2.05) is 0 Å². The predicted molar refractivity (Wildman–Crippen MR) is 95.9 cm³/mol. The first kappa shape index (κ1) is 18.8. The van der Waals surface area contributed by atoms with Crippen LogP contribution in [-0.2, 0) is 0 Å². The SMILES string of the molecule is C1=NC=NC1.Clc1cnc(-n2cncn2)cn1.Clc1cnc(Cl)cn1. The molecule has 0 fully saturated rings. The lowest BCUT2D eigenvalue weighted by atomic mass is 10.7. The van der Waals surface area contributed by atoms with E-state index in [1.165, 1.54) is 42.1 Å². The number of rotatable bonds is 1. The molecule has 0 saturated heterocycles. The molecule has 3 aromatic rings. The smallest absolute Gasteiger partial charge is 0.173 e. The van der Waals surface area contributed by atoms with Crippen LogP contribution < -0.4 is 0 Å². The van der Waals surface area contributed by atoms with Crippen LogP contribution in [0.15, 0.2) is 47.4 Å². The summed E-state index contributed by atoms with van der Waals surface area (Å²) in [5.41, 5.74) is 0.